The summed E-state index contributed by atoms with van der Waals surface area (Å²) >= 11 is 0. The van der Waals surface area contributed by atoms with Gasteiger partial charge in [-0.25, -0.2) is 9.50 Å². The molecule has 0 saturated heterocycles. The summed E-state index contributed by atoms with van der Waals surface area (Å²) in [5, 5.41) is 4.45. The highest BCUT2D eigenvalue weighted by Crippen LogP contribution is 2.30. The van der Waals surface area contributed by atoms with Crippen LogP contribution in [0.2, 0.25) is 0 Å². The van der Waals surface area contributed by atoms with E-state index in [9.17, 15) is 0 Å². The van der Waals surface area contributed by atoms with Gasteiger partial charge in [-0.2, -0.15) is 0 Å². The van der Waals surface area contributed by atoms with Crippen molar-refractivity contribution in [1.29, 1.82) is 0 Å². The number of fused-ring (bicyclic) bond motifs is 1. The number of hydrogen-bond donors (Lipinski definition) is 1. The smallest absolute Gasteiger partial charge is 0.166 e. The molecule has 0 aliphatic carbocycles. The maximum Gasteiger partial charge on any atom is 0.166 e. The fraction of sp³-hybridized carbons (Fsp3) is 0.227. The molecule has 4 aromatic rings. The van der Waals surface area contributed by atoms with Crippen molar-refractivity contribution in [3.63, 3.8) is 0 Å². The van der Waals surface area contributed by atoms with Gasteiger partial charge in [0.1, 0.15) is 0 Å². The first kappa shape index (κ1) is 18.1. The Hall–Kier alpha value is -3.25. The van der Waals surface area contributed by atoms with Crippen LogP contribution in [0.1, 0.15) is 26.3 Å². The Bertz CT molecular complexity index is 1110. The SMILES string of the molecule is CC(C)(C)OCc1ccccc1-c1cnc2c(-c3ccccn3)c(N)nn2c1. The van der Waals surface area contributed by atoms with Gasteiger partial charge in [0.15, 0.2) is 11.5 Å². The van der Waals surface area contributed by atoms with Crippen LogP contribution in [0.3, 0.4) is 0 Å². The second-order valence-electron chi connectivity index (χ2n) is 7.64. The van der Waals surface area contributed by atoms with E-state index in [0.29, 0.717) is 18.1 Å². The molecule has 0 amide bonds. The average Bonchev–Trinajstić information content (AvgIpc) is 3.01. The monoisotopic (exact) mass is 373 g/mol. The first-order valence-corrected chi connectivity index (χ1v) is 9.20. The third-order valence-corrected chi connectivity index (χ3v) is 4.41. The van der Waals surface area contributed by atoms with Crippen LogP contribution < -0.4 is 5.73 Å². The van der Waals surface area contributed by atoms with Crippen molar-refractivity contribution in [3.8, 4) is 22.4 Å². The predicted molar refractivity (Wildman–Crippen MR) is 111 cm³/mol. The zero-order valence-corrected chi connectivity index (χ0v) is 16.3. The normalized spacial score (nSPS) is 11.8. The molecular weight excluding hydrogens is 350 g/mol. The fourth-order valence-electron chi connectivity index (χ4n) is 3.07. The summed E-state index contributed by atoms with van der Waals surface area (Å²) in [6.45, 7) is 6.68. The number of anilines is 1. The number of aromatic nitrogens is 4. The molecule has 0 bridgehead atoms. The summed E-state index contributed by atoms with van der Waals surface area (Å²) in [5.41, 5.74) is 11.3. The van der Waals surface area contributed by atoms with Crippen LogP contribution >= 0.6 is 0 Å². The van der Waals surface area contributed by atoms with Crippen molar-refractivity contribution in [1.82, 2.24) is 19.6 Å². The number of nitrogen functional groups attached to an aromatic ring is 1. The molecule has 2 N–H and O–H groups in total. The summed E-state index contributed by atoms with van der Waals surface area (Å²) in [4.78, 5) is 9.03. The zero-order valence-electron chi connectivity index (χ0n) is 16.3. The largest absolute Gasteiger partial charge is 0.382 e. The molecule has 142 valence electrons. The first-order valence-electron chi connectivity index (χ1n) is 9.20. The highest BCUT2D eigenvalue weighted by atomic mass is 16.5. The Morgan fingerprint density at radius 3 is 2.57 bits per heavy atom. The first-order chi connectivity index (χ1) is 13.4. The van der Waals surface area contributed by atoms with Crippen LogP contribution in [-0.4, -0.2) is 25.2 Å². The lowest BCUT2D eigenvalue weighted by atomic mass is 10.0. The Kier molecular flexibility index (Phi) is 4.57. The van der Waals surface area contributed by atoms with Crippen LogP contribution in [0.15, 0.2) is 61.1 Å². The summed E-state index contributed by atoms with van der Waals surface area (Å²) in [5.74, 6) is 0.410. The van der Waals surface area contributed by atoms with Gasteiger partial charge in [0.2, 0.25) is 0 Å². The molecule has 0 radical (unpaired) electrons. The lowest BCUT2D eigenvalue weighted by molar-refractivity contribution is -0.0147. The molecule has 3 aromatic heterocycles. The van der Waals surface area contributed by atoms with Gasteiger partial charge in [-0.05, 0) is 44.0 Å². The molecule has 0 aliphatic rings. The molecule has 0 aliphatic heterocycles. The molecular formula is C22H23N5O. The van der Waals surface area contributed by atoms with Crippen molar-refractivity contribution in [2.75, 3.05) is 5.73 Å². The third-order valence-electron chi connectivity index (χ3n) is 4.41. The second-order valence-corrected chi connectivity index (χ2v) is 7.64. The van der Waals surface area contributed by atoms with Crippen LogP contribution in [0.5, 0.6) is 0 Å². The minimum absolute atomic E-state index is 0.205. The van der Waals surface area contributed by atoms with Crippen LogP contribution in [0.25, 0.3) is 28.0 Å². The minimum atomic E-state index is -0.205. The van der Waals surface area contributed by atoms with E-state index in [2.05, 4.69) is 48.0 Å². The molecule has 0 fully saturated rings. The van der Waals surface area contributed by atoms with E-state index >= 15 is 0 Å². The second kappa shape index (κ2) is 7.05. The fourth-order valence-corrected chi connectivity index (χ4v) is 3.07. The van der Waals surface area contributed by atoms with Crippen molar-refractivity contribution in [3.05, 3.63) is 66.6 Å². The molecule has 1 aromatic carbocycles. The van der Waals surface area contributed by atoms with Gasteiger partial charge in [-0.3, -0.25) is 4.98 Å². The van der Waals surface area contributed by atoms with Crippen LogP contribution in [0.4, 0.5) is 5.82 Å². The van der Waals surface area contributed by atoms with Crippen molar-refractivity contribution < 1.29 is 4.74 Å². The van der Waals surface area contributed by atoms with Gasteiger partial charge in [-0.15, -0.1) is 5.10 Å². The van der Waals surface area contributed by atoms with Crippen molar-refractivity contribution >= 4 is 11.5 Å². The number of nitrogens with zero attached hydrogens (tertiary/aromatic N) is 4. The molecule has 28 heavy (non-hydrogen) atoms. The standard InChI is InChI=1S/C22H23N5O/c1-22(2,3)28-14-15-8-4-5-9-17(15)16-12-25-21-19(18-10-6-7-11-24-18)20(23)26-27(21)13-16/h4-13H,14H2,1-3H3,(H2,23,26). The predicted octanol–water partition coefficient (Wildman–Crippen LogP) is 4.36. The molecule has 6 nitrogen and oxygen atoms in total. The molecule has 0 saturated carbocycles. The molecule has 6 heteroatoms. The van der Waals surface area contributed by atoms with Gasteiger partial charge < -0.3 is 10.5 Å². The molecule has 0 atom stereocenters. The van der Waals surface area contributed by atoms with E-state index < -0.39 is 0 Å². The van der Waals surface area contributed by atoms with E-state index in [1.807, 2.05) is 42.7 Å². The average molecular weight is 373 g/mol. The Morgan fingerprint density at radius 2 is 1.82 bits per heavy atom. The van der Waals surface area contributed by atoms with Gasteiger partial charge in [-0.1, -0.05) is 30.3 Å². The molecule has 4 rings (SSSR count). The third kappa shape index (κ3) is 3.59. The summed E-state index contributed by atoms with van der Waals surface area (Å²) in [7, 11) is 0. The van der Waals surface area contributed by atoms with Crippen LogP contribution in [0, 0.1) is 0 Å². The number of pyridine rings is 1. The molecule has 0 spiro atoms. The number of benzene rings is 1. The highest BCUT2D eigenvalue weighted by Gasteiger charge is 2.17. The molecule has 0 unspecified atom stereocenters. The van der Waals surface area contributed by atoms with Crippen LogP contribution in [-0.2, 0) is 11.3 Å². The number of nitrogens with two attached hydrogens (primary N) is 1. The van der Waals surface area contributed by atoms with Gasteiger partial charge in [0.05, 0.1) is 23.5 Å². The van der Waals surface area contributed by atoms with E-state index in [0.717, 1.165) is 27.9 Å². The topological polar surface area (TPSA) is 78.3 Å². The maximum absolute atomic E-state index is 6.17. The Balaban J connectivity index is 1.76. The van der Waals surface area contributed by atoms with E-state index in [1.54, 1.807) is 10.7 Å². The van der Waals surface area contributed by atoms with Gasteiger partial charge >= 0.3 is 0 Å². The van der Waals surface area contributed by atoms with E-state index in [-0.39, 0.29) is 5.60 Å². The summed E-state index contributed by atoms with van der Waals surface area (Å²) in [6.07, 6.45) is 5.53. The number of ether oxygens (including phenoxy) is 1. The number of rotatable bonds is 4. The summed E-state index contributed by atoms with van der Waals surface area (Å²) in [6, 6.07) is 13.9. The van der Waals surface area contributed by atoms with Crippen molar-refractivity contribution in [2.24, 2.45) is 0 Å². The summed E-state index contributed by atoms with van der Waals surface area (Å²) < 4.78 is 7.69. The quantitative estimate of drug-likeness (QED) is 0.575. The highest BCUT2D eigenvalue weighted by molar-refractivity contribution is 5.84. The molecule has 3 heterocycles. The minimum Gasteiger partial charge on any atom is -0.382 e. The van der Waals surface area contributed by atoms with Gasteiger partial charge in [0, 0.05) is 24.2 Å². The van der Waals surface area contributed by atoms with Crippen molar-refractivity contribution in [2.45, 2.75) is 33.0 Å². The Morgan fingerprint density at radius 1 is 1.04 bits per heavy atom. The lowest BCUT2D eigenvalue weighted by Crippen LogP contribution is -2.18. The number of hydrogen-bond acceptors (Lipinski definition) is 5. The Labute approximate surface area is 164 Å². The van der Waals surface area contributed by atoms with Gasteiger partial charge in [0.25, 0.3) is 0 Å². The van der Waals surface area contributed by atoms with E-state index in [1.165, 1.54) is 0 Å². The lowest BCUT2D eigenvalue weighted by Gasteiger charge is -2.20. The zero-order chi connectivity index (χ0) is 19.7. The maximum atomic E-state index is 6.17. The van der Waals surface area contributed by atoms with E-state index in [4.69, 9.17) is 10.5 Å².